The zero-order valence-corrected chi connectivity index (χ0v) is 22.1. The Kier molecular flexibility index (Phi) is 8.48. The van der Waals surface area contributed by atoms with Crippen LogP contribution in [0.2, 0.25) is 5.02 Å². The van der Waals surface area contributed by atoms with Gasteiger partial charge >= 0.3 is 17.7 Å². The molecule has 0 aliphatic carbocycles. The van der Waals surface area contributed by atoms with Crippen molar-refractivity contribution < 1.29 is 23.5 Å². The van der Waals surface area contributed by atoms with Gasteiger partial charge in [-0.2, -0.15) is 0 Å². The van der Waals surface area contributed by atoms with Crippen LogP contribution < -0.4 is 15.7 Å². The molecule has 0 unspecified atom stereocenters. The van der Waals surface area contributed by atoms with Crippen LogP contribution in [0.4, 0.5) is 4.79 Å². The lowest BCUT2D eigenvalue weighted by Gasteiger charge is -2.21. The maximum absolute atomic E-state index is 13.0. The number of nitrogens with one attached hydrogen (secondary N) is 1. The predicted molar refractivity (Wildman–Crippen MR) is 146 cm³/mol. The maximum atomic E-state index is 13.0. The molecule has 1 N–H and O–H groups in total. The number of amides is 1. The van der Waals surface area contributed by atoms with Gasteiger partial charge in [0.25, 0.3) is 0 Å². The first-order valence-corrected chi connectivity index (χ1v) is 12.6. The first kappa shape index (κ1) is 26.9. The van der Waals surface area contributed by atoms with Gasteiger partial charge in [0.1, 0.15) is 18.2 Å². The van der Waals surface area contributed by atoms with E-state index >= 15 is 0 Å². The second kappa shape index (κ2) is 12.0. The third-order valence-corrected chi connectivity index (χ3v) is 6.48. The molecular weight excluding hydrogens is 506 g/mol. The highest BCUT2D eigenvalue weighted by Gasteiger charge is 2.28. The lowest BCUT2D eigenvalue weighted by atomic mass is 9.99. The van der Waals surface area contributed by atoms with Gasteiger partial charge in [-0.05, 0) is 35.6 Å². The van der Waals surface area contributed by atoms with Gasteiger partial charge in [-0.1, -0.05) is 86.1 Å². The minimum atomic E-state index is -0.993. The first-order chi connectivity index (χ1) is 18.2. The minimum absolute atomic E-state index is 0.0210. The number of hydrogen-bond acceptors (Lipinski definition) is 6. The van der Waals surface area contributed by atoms with Crippen LogP contribution in [0.3, 0.4) is 0 Å². The molecular formula is C30H28ClNO6. The zero-order valence-electron chi connectivity index (χ0n) is 21.3. The molecule has 196 valence electrons. The Morgan fingerprint density at radius 2 is 1.61 bits per heavy atom. The SMILES string of the molecule is Cc1c(Cc2ccccc2)c(=O)oc2cc(OC(=O)[C@@H](NC(=O)OCc3ccccc3)C(C)C)c(Cl)cc12. The normalized spacial score (nSPS) is 11.8. The molecule has 1 heterocycles. The van der Waals surface area contributed by atoms with E-state index in [1.54, 1.807) is 19.9 Å². The molecule has 0 bridgehead atoms. The van der Waals surface area contributed by atoms with E-state index < -0.39 is 23.7 Å². The van der Waals surface area contributed by atoms with E-state index in [0.29, 0.717) is 17.4 Å². The monoisotopic (exact) mass is 533 g/mol. The van der Waals surface area contributed by atoms with Gasteiger partial charge in [-0.25, -0.2) is 14.4 Å². The average Bonchev–Trinajstić information content (AvgIpc) is 2.90. The van der Waals surface area contributed by atoms with E-state index in [-0.39, 0.29) is 28.9 Å². The molecule has 4 rings (SSSR count). The summed E-state index contributed by atoms with van der Waals surface area (Å²) in [5.74, 6) is -1.00. The molecule has 38 heavy (non-hydrogen) atoms. The Morgan fingerprint density at radius 1 is 0.974 bits per heavy atom. The number of benzene rings is 3. The Hall–Kier alpha value is -4.10. The summed E-state index contributed by atoms with van der Waals surface area (Å²) < 4.78 is 16.4. The lowest BCUT2D eigenvalue weighted by Crippen LogP contribution is -2.46. The summed E-state index contributed by atoms with van der Waals surface area (Å²) in [5, 5.41) is 3.37. The molecule has 4 aromatic rings. The van der Waals surface area contributed by atoms with Gasteiger partial charge in [0.05, 0.1) is 5.02 Å². The molecule has 1 atom stereocenters. The second-order valence-corrected chi connectivity index (χ2v) is 9.69. The summed E-state index contributed by atoms with van der Waals surface area (Å²) in [6, 6.07) is 20.8. The molecule has 0 fully saturated rings. The number of ether oxygens (including phenoxy) is 2. The van der Waals surface area contributed by atoms with Gasteiger partial charge < -0.3 is 19.2 Å². The number of aryl methyl sites for hydroxylation is 1. The highest BCUT2D eigenvalue weighted by molar-refractivity contribution is 6.33. The van der Waals surface area contributed by atoms with Gasteiger partial charge in [0.15, 0.2) is 5.75 Å². The van der Waals surface area contributed by atoms with Crippen LogP contribution in [-0.4, -0.2) is 18.1 Å². The fraction of sp³-hybridized carbons (Fsp3) is 0.233. The van der Waals surface area contributed by atoms with Crippen molar-refractivity contribution in [2.75, 3.05) is 0 Å². The van der Waals surface area contributed by atoms with Crippen molar-refractivity contribution in [3.63, 3.8) is 0 Å². The van der Waals surface area contributed by atoms with Gasteiger partial charge in [-0.15, -0.1) is 0 Å². The number of carbonyl (C=O) groups is 2. The van der Waals surface area contributed by atoms with E-state index in [9.17, 15) is 14.4 Å². The van der Waals surface area contributed by atoms with E-state index in [2.05, 4.69) is 5.32 Å². The maximum Gasteiger partial charge on any atom is 0.408 e. The molecule has 0 radical (unpaired) electrons. The van der Waals surface area contributed by atoms with Crippen LogP contribution in [0, 0.1) is 12.8 Å². The zero-order chi connectivity index (χ0) is 27.2. The number of carbonyl (C=O) groups excluding carboxylic acids is 2. The average molecular weight is 534 g/mol. The molecule has 0 aliphatic rings. The number of alkyl carbamates (subject to hydrolysis) is 1. The smallest absolute Gasteiger partial charge is 0.408 e. The fourth-order valence-electron chi connectivity index (χ4n) is 4.03. The van der Waals surface area contributed by atoms with Crippen LogP contribution in [0.15, 0.2) is 82.0 Å². The molecule has 8 heteroatoms. The number of rotatable bonds is 8. The second-order valence-electron chi connectivity index (χ2n) is 9.28. The quantitative estimate of drug-likeness (QED) is 0.164. The van der Waals surface area contributed by atoms with Gasteiger partial charge in [0.2, 0.25) is 0 Å². The first-order valence-electron chi connectivity index (χ1n) is 12.2. The lowest BCUT2D eigenvalue weighted by molar-refractivity contribution is -0.137. The Labute approximate surface area is 225 Å². The van der Waals surface area contributed by atoms with E-state index in [1.807, 2.05) is 67.6 Å². The van der Waals surface area contributed by atoms with Crippen molar-refractivity contribution >= 4 is 34.6 Å². The topological polar surface area (TPSA) is 94.8 Å². The van der Waals surface area contributed by atoms with Crippen molar-refractivity contribution in [1.29, 1.82) is 0 Å². The van der Waals surface area contributed by atoms with Crippen molar-refractivity contribution in [1.82, 2.24) is 5.32 Å². The largest absolute Gasteiger partial charge is 0.445 e. The van der Waals surface area contributed by atoms with Crippen molar-refractivity contribution in [2.45, 2.75) is 39.8 Å². The number of halogens is 1. The van der Waals surface area contributed by atoms with Crippen LogP contribution in [0.25, 0.3) is 11.0 Å². The molecule has 1 aromatic heterocycles. The van der Waals surface area contributed by atoms with E-state index in [4.69, 9.17) is 25.5 Å². The summed E-state index contributed by atoms with van der Waals surface area (Å²) in [6.07, 6.45) is -0.330. The molecule has 7 nitrogen and oxygen atoms in total. The molecule has 3 aromatic carbocycles. The predicted octanol–water partition coefficient (Wildman–Crippen LogP) is 6.20. The van der Waals surface area contributed by atoms with E-state index in [1.165, 1.54) is 6.07 Å². The molecule has 0 aliphatic heterocycles. The summed E-state index contributed by atoms with van der Waals surface area (Å²) >= 11 is 6.47. The third kappa shape index (κ3) is 6.42. The minimum Gasteiger partial charge on any atom is -0.445 e. The third-order valence-electron chi connectivity index (χ3n) is 6.18. The molecule has 0 saturated carbocycles. The van der Waals surface area contributed by atoms with Crippen molar-refractivity contribution in [3.8, 4) is 5.75 Å². The molecule has 1 amide bonds. The summed E-state index contributed by atoms with van der Waals surface area (Å²) in [4.78, 5) is 38.1. The van der Waals surface area contributed by atoms with Crippen LogP contribution in [-0.2, 0) is 22.6 Å². The highest BCUT2D eigenvalue weighted by Crippen LogP contribution is 2.32. The van der Waals surface area contributed by atoms with E-state index in [0.717, 1.165) is 16.7 Å². The van der Waals surface area contributed by atoms with Crippen LogP contribution >= 0.6 is 11.6 Å². The number of fused-ring (bicyclic) bond motifs is 1. The van der Waals surface area contributed by atoms with Gasteiger partial charge in [0, 0.05) is 23.4 Å². The summed E-state index contributed by atoms with van der Waals surface area (Å²) in [5.41, 5.74) is 2.84. The summed E-state index contributed by atoms with van der Waals surface area (Å²) in [7, 11) is 0. The van der Waals surface area contributed by atoms with Crippen LogP contribution in [0.1, 0.15) is 36.1 Å². The molecule has 0 saturated heterocycles. The van der Waals surface area contributed by atoms with Gasteiger partial charge in [-0.3, -0.25) is 0 Å². The Bertz CT molecular complexity index is 1500. The van der Waals surface area contributed by atoms with Crippen LogP contribution in [0.5, 0.6) is 5.75 Å². The van der Waals surface area contributed by atoms with Crippen molar-refractivity contribution in [2.24, 2.45) is 5.92 Å². The van der Waals surface area contributed by atoms with Crippen molar-refractivity contribution in [3.05, 3.63) is 110 Å². The fourth-order valence-corrected chi connectivity index (χ4v) is 4.24. The highest BCUT2D eigenvalue weighted by atomic mass is 35.5. The Morgan fingerprint density at radius 3 is 2.24 bits per heavy atom. The Balaban J connectivity index is 1.51. The number of hydrogen-bond donors (Lipinski definition) is 1. The molecule has 0 spiro atoms. The standard InChI is InChI=1S/C30H28ClNO6/c1-18(2)27(32-30(35)36-17-21-12-8-5-9-13-21)29(34)38-26-16-25-22(15-24(26)31)19(3)23(28(33)37-25)14-20-10-6-4-7-11-20/h4-13,15-16,18,27H,14,17H2,1-3H3,(H,32,35)/t27-/m0/s1. The summed E-state index contributed by atoms with van der Waals surface area (Å²) in [6.45, 7) is 5.43. The number of esters is 1.